The Labute approximate surface area is 225 Å². The Morgan fingerprint density at radius 1 is 0.921 bits per heavy atom. The predicted octanol–water partition coefficient (Wildman–Crippen LogP) is 3.81. The number of ether oxygens (including phenoxy) is 2. The number of hydrogen-bond donors (Lipinski definition) is 1. The van der Waals surface area contributed by atoms with E-state index in [1.807, 2.05) is 19.1 Å². The van der Waals surface area contributed by atoms with Crippen LogP contribution < -0.4 is 14.4 Å². The molecule has 3 aromatic carbocycles. The highest BCUT2D eigenvalue weighted by Gasteiger charge is 2.18. The lowest BCUT2D eigenvalue weighted by molar-refractivity contribution is 0.0342. The smallest absolute Gasteiger partial charge is 0.251 e. The Morgan fingerprint density at radius 2 is 1.53 bits per heavy atom. The molecule has 38 heavy (non-hydrogen) atoms. The van der Waals surface area contributed by atoms with Crippen molar-refractivity contribution in [1.29, 1.82) is 0 Å². The van der Waals surface area contributed by atoms with Crippen molar-refractivity contribution in [2.75, 3.05) is 43.5 Å². The Morgan fingerprint density at radius 3 is 2.13 bits per heavy atom. The molecule has 1 fully saturated rings. The van der Waals surface area contributed by atoms with E-state index in [1.165, 1.54) is 16.1 Å². The monoisotopic (exact) mass is 537 g/mol. The summed E-state index contributed by atoms with van der Waals surface area (Å²) in [6.07, 6.45) is 1.18. The predicted molar refractivity (Wildman–Crippen MR) is 149 cm³/mol. The summed E-state index contributed by atoms with van der Waals surface area (Å²) < 4.78 is 37.2. The Kier molecular flexibility index (Phi) is 9.38. The minimum atomic E-state index is -3.51. The Balaban J connectivity index is 1.32. The van der Waals surface area contributed by atoms with Gasteiger partial charge in [-0.05, 0) is 60.0 Å². The number of carbonyl (C=O) groups is 1. The van der Waals surface area contributed by atoms with E-state index in [9.17, 15) is 13.2 Å². The number of hydrogen-bond acceptors (Lipinski definition) is 6. The molecule has 1 N–H and O–H groups in total. The van der Waals surface area contributed by atoms with Gasteiger partial charge >= 0.3 is 0 Å². The van der Waals surface area contributed by atoms with E-state index < -0.39 is 10.0 Å². The molecular weight excluding hydrogens is 502 g/mol. The summed E-state index contributed by atoms with van der Waals surface area (Å²) in [5.41, 5.74) is 4.11. The van der Waals surface area contributed by atoms with Gasteiger partial charge in [0.25, 0.3) is 5.91 Å². The fourth-order valence-electron chi connectivity index (χ4n) is 4.27. The third-order valence-electron chi connectivity index (χ3n) is 6.36. The second-order valence-corrected chi connectivity index (χ2v) is 11.2. The molecule has 3 aromatic rings. The first-order valence-corrected chi connectivity index (χ1v) is 14.6. The number of amides is 1. The van der Waals surface area contributed by atoms with E-state index in [4.69, 9.17) is 9.47 Å². The number of nitrogens with one attached hydrogen (secondary N) is 1. The van der Waals surface area contributed by atoms with Crippen LogP contribution in [0.3, 0.4) is 0 Å². The normalized spacial score (nSPS) is 14.2. The van der Waals surface area contributed by atoms with Gasteiger partial charge in [-0.3, -0.25) is 14.0 Å². The summed E-state index contributed by atoms with van der Waals surface area (Å²) in [6.45, 7) is 7.38. The van der Waals surface area contributed by atoms with Crippen LogP contribution in [0.15, 0.2) is 72.8 Å². The first-order valence-electron chi connectivity index (χ1n) is 12.8. The highest BCUT2D eigenvalue weighted by Crippen LogP contribution is 2.24. The van der Waals surface area contributed by atoms with E-state index in [2.05, 4.69) is 22.3 Å². The summed E-state index contributed by atoms with van der Waals surface area (Å²) in [6, 6.07) is 22.2. The third kappa shape index (κ3) is 7.80. The zero-order valence-electron chi connectivity index (χ0n) is 21.9. The van der Waals surface area contributed by atoms with Crippen LogP contribution in [-0.4, -0.2) is 58.4 Å². The molecule has 1 aliphatic rings. The van der Waals surface area contributed by atoms with Crippen molar-refractivity contribution in [3.05, 3.63) is 95.1 Å². The van der Waals surface area contributed by atoms with E-state index in [0.717, 1.165) is 44.0 Å². The molecule has 0 aromatic heterocycles. The lowest BCUT2D eigenvalue weighted by atomic mass is 10.1. The number of morpholine rings is 1. The molecule has 0 aliphatic carbocycles. The second-order valence-electron chi connectivity index (χ2n) is 9.28. The van der Waals surface area contributed by atoms with Crippen molar-refractivity contribution < 1.29 is 22.7 Å². The maximum atomic E-state index is 12.7. The molecule has 0 spiro atoms. The number of benzene rings is 3. The van der Waals surface area contributed by atoms with Gasteiger partial charge in [0.05, 0.1) is 38.3 Å². The highest BCUT2D eigenvalue weighted by molar-refractivity contribution is 7.92. The van der Waals surface area contributed by atoms with E-state index >= 15 is 0 Å². The van der Waals surface area contributed by atoms with Crippen LogP contribution in [0, 0.1) is 0 Å². The zero-order valence-corrected chi connectivity index (χ0v) is 22.7. The number of anilines is 1. The lowest BCUT2D eigenvalue weighted by Gasteiger charge is -2.26. The molecule has 1 saturated heterocycles. The molecule has 4 rings (SSSR count). The van der Waals surface area contributed by atoms with Crippen LogP contribution in [0.1, 0.15) is 34.0 Å². The second kappa shape index (κ2) is 12.9. The Hall–Kier alpha value is -3.40. The molecule has 202 valence electrons. The van der Waals surface area contributed by atoms with E-state index in [1.54, 1.807) is 48.5 Å². The standard InChI is InChI=1S/C29H35N3O5S/c1-3-37-28-14-12-27(13-15-28)32(38(2,34)35)22-25-8-10-26(11-9-25)29(33)30-20-23-4-6-24(7-5-23)21-31-16-18-36-19-17-31/h4-15H,3,16-22H2,1-2H3,(H,30,33). The fourth-order valence-corrected chi connectivity index (χ4v) is 5.16. The van der Waals surface area contributed by atoms with Gasteiger partial charge in [-0.15, -0.1) is 0 Å². The van der Waals surface area contributed by atoms with Gasteiger partial charge < -0.3 is 14.8 Å². The third-order valence-corrected chi connectivity index (χ3v) is 7.50. The summed E-state index contributed by atoms with van der Waals surface area (Å²) in [5.74, 6) is 0.504. The first-order chi connectivity index (χ1) is 18.3. The number of rotatable bonds is 11. The van der Waals surface area contributed by atoms with Gasteiger partial charge in [0.1, 0.15) is 5.75 Å². The molecule has 1 amide bonds. The number of nitrogens with zero attached hydrogens (tertiary/aromatic N) is 2. The summed E-state index contributed by atoms with van der Waals surface area (Å²) >= 11 is 0. The highest BCUT2D eigenvalue weighted by atomic mass is 32.2. The van der Waals surface area contributed by atoms with Crippen molar-refractivity contribution in [3.63, 3.8) is 0 Å². The van der Waals surface area contributed by atoms with Crippen molar-refractivity contribution >= 4 is 21.6 Å². The van der Waals surface area contributed by atoms with Crippen LogP contribution in [-0.2, 0) is 34.4 Å². The fraction of sp³-hybridized carbons (Fsp3) is 0.345. The van der Waals surface area contributed by atoms with E-state index in [-0.39, 0.29) is 12.5 Å². The minimum Gasteiger partial charge on any atom is -0.494 e. The van der Waals surface area contributed by atoms with Gasteiger partial charge in [0.15, 0.2) is 0 Å². The Bertz CT molecular complexity index is 1290. The molecule has 0 unspecified atom stereocenters. The van der Waals surface area contributed by atoms with Gasteiger partial charge in [-0.2, -0.15) is 0 Å². The van der Waals surface area contributed by atoms with Crippen molar-refractivity contribution in [3.8, 4) is 5.75 Å². The van der Waals surface area contributed by atoms with Crippen molar-refractivity contribution in [2.45, 2.75) is 26.6 Å². The van der Waals surface area contributed by atoms with Gasteiger partial charge in [-0.1, -0.05) is 36.4 Å². The largest absolute Gasteiger partial charge is 0.494 e. The lowest BCUT2D eigenvalue weighted by Crippen LogP contribution is -2.35. The SMILES string of the molecule is CCOc1ccc(N(Cc2ccc(C(=O)NCc3ccc(CN4CCOCC4)cc3)cc2)S(C)(=O)=O)cc1. The minimum absolute atomic E-state index is 0.158. The molecule has 0 atom stereocenters. The number of sulfonamides is 1. The van der Waals surface area contributed by atoms with Crippen LogP contribution in [0.4, 0.5) is 5.69 Å². The maximum absolute atomic E-state index is 12.7. The van der Waals surface area contributed by atoms with Crippen LogP contribution in [0.2, 0.25) is 0 Å². The molecule has 1 heterocycles. The van der Waals surface area contributed by atoms with Crippen LogP contribution in [0.25, 0.3) is 0 Å². The average molecular weight is 538 g/mol. The summed E-state index contributed by atoms with van der Waals surface area (Å²) in [4.78, 5) is 15.1. The molecule has 0 bridgehead atoms. The molecule has 1 aliphatic heterocycles. The maximum Gasteiger partial charge on any atom is 0.251 e. The van der Waals surface area contributed by atoms with E-state index in [0.29, 0.717) is 30.2 Å². The van der Waals surface area contributed by atoms with Gasteiger partial charge in [-0.25, -0.2) is 8.42 Å². The summed E-state index contributed by atoms with van der Waals surface area (Å²) in [5, 5.41) is 2.96. The van der Waals surface area contributed by atoms with Gasteiger partial charge in [0, 0.05) is 31.7 Å². The van der Waals surface area contributed by atoms with Crippen molar-refractivity contribution in [2.24, 2.45) is 0 Å². The van der Waals surface area contributed by atoms with Crippen LogP contribution in [0.5, 0.6) is 5.75 Å². The average Bonchev–Trinajstić information content (AvgIpc) is 2.92. The first kappa shape index (κ1) is 27.6. The molecule has 0 saturated carbocycles. The molecule has 0 radical (unpaired) electrons. The molecular formula is C29H35N3O5S. The zero-order chi connectivity index (χ0) is 27.0. The molecule has 9 heteroatoms. The number of carbonyl (C=O) groups excluding carboxylic acids is 1. The van der Waals surface area contributed by atoms with Crippen LogP contribution >= 0.6 is 0 Å². The molecule has 8 nitrogen and oxygen atoms in total. The van der Waals surface area contributed by atoms with Gasteiger partial charge in [0.2, 0.25) is 10.0 Å². The quantitative estimate of drug-likeness (QED) is 0.400. The topological polar surface area (TPSA) is 88.2 Å². The van der Waals surface area contributed by atoms with Crippen molar-refractivity contribution in [1.82, 2.24) is 10.2 Å². The summed E-state index contributed by atoms with van der Waals surface area (Å²) in [7, 11) is -3.51.